The van der Waals surface area contributed by atoms with Crippen molar-refractivity contribution < 1.29 is 8.42 Å². The van der Waals surface area contributed by atoms with Gasteiger partial charge in [0.05, 0.1) is 4.75 Å². The fourth-order valence-corrected chi connectivity index (χ4v) is 1.46. The van der Waals surface area contributed by atoms with E-state index >= 15 is 0 Å². The zero-order chi connectivity index (χ0) is 12.8. The first kappa shape index (κ1) is 15.9. The van der Waals surface area contributed by atoms with Gasteiger partial charge in [-0.3, -0.25) is 0 Å². The number of nitrogens with one attached hydrogen (secondary N) is 2. The molecule has 0 aromatic carbocycles. The standard InChI is InChI=1S/C11H26N2O2S/c1-6-7-12-8-10(2)13-9-11(3,4)16(5,14)15/h10,12-13H,6-9H2,1-5H3. The molecule has 5 heteroatoms. The molecule has 0 saturated heterocycles. The summed E-state index contributed by atoms with van der Waals surface area (Å²) in [6.07, 6.45) is 2.40. The van der Waals surface area contributed by atoms with Crippen molar-refractivity contribution in [3.05, 3.63) is 0 Å². The van der Waals surface area contributed by atoms with E-state index in [1.165, 1.54) is 6.26 Å². The maximum atomic E-state index is 11.5. The van der Waals surface area contributed by atoms with Crippen molar-refractivity contribution in [1.82, 2.24) is 10.6 Å². The summed E-state index contributed by atoms with van der Waals surface area (Å²) >= 11 is 0. The lowest BCUT2D eigenvalue weighted by Gasteiger charge is -2.25. The third-order valence-electron chi connectivity index (χ3n) is 2.76. The van der Waals surface area contributed by atoms with E-state index in [4.69, 9.17) is 0 Å². The summed E-state index contributed by atoms with van der Waals surface area (Å²) in [5.41, 5.74) is 0. The molecule has 0 spiro atoms. The summed E-state index contributed by atoms with van der Waals surface area (Å²) in [5.74, 6) is 0. The molecule has 4 nitrogen and oxygen atoms in total. The maximum Gasteiger partial charge on any atom is 0.153 e. The van der Waals surface area contributed by atoms with Crippen LogP contribution in [0.5, 0.6) is 0 Å². The fraction of sp³-hybridized carbons (Fsp3) is 1.00. The third kappa shape index (κ3) is 5.82. The summed E-state index contributed by atoms with van der Waals surface area (Å²) in [7, 11) is -3.01. The monoisotopic (exact) mass is 250 g/mol. The van der Waals surface area contributed by atoms with Crippen molar-refractivity contribution in [3.8, 4) is 0 Å². The van der Waals surface area contributed by atoms with Gasteiger partial charge in [0.1, 0.15) is 0 Å². The van der Waals surface area contributed by atoms with E-state index in [0.717, 1.165) is 19.5 Å². The van der Waals surface area contributed by atoms with Crippen molar-refractivity contribution in [3.63, 3.8) is 0 Å². The highest BCUT2D eigenvalue weighted by Gasteiger charge is 2.29. The van der Waals surface area contributed by atoms with Crippen molar-refractivity contribution in [2.24, 2.45) is 0 Å². The second-order valence-corrected chi connectivity index (χ2v) is 7.67. The average Bonchev–Trinajstić information content (AvgIpc) is 2.13. The van der Waals surface area contributed by atoms with Gasteiger partial charge in [0.15, 0.2) is 9.84 Å². The number of sulfone groups is 1. The Morgan fingerprint density at radius 1 is 1.31 bits per heavy atom. The van der Waals surface area contributed by atoms with Crippen LogP contribution in [0.2, 0.25) is 0 Å². The zero-order valence-electron chi connectivity index (χ0n) is 11.1. The Bertz CT molecular complexity index is 286. The lowest BCUT2D eigenvalue weighted by Crippen LogP contribution is -2.47. The Morgan fingerprint density at radius 2 is 1.88 bits per heavy atom. The molecular formula is C11H26N2O2S. The normalized spacial score (nSPS) is 15.1. The molecule has 0 bridgehead atoms. The number of rotatable bonds is 8. The molecule has 0 heterocycles. The van der Waals surface area contributed by atoms with E-state index in [2.05, 4.69) is 24.5 Å². The summed E-state index contributed by atoms with van der Waals surface area (Å²) in [6, 6.07) is 0.285. The average molecular weight is 250 g/mol. The van der Waals surface area contributed by atoms with Gasteiger partial charge < -0.3 is 10.6 Å². The van der Waals surface area contributed by atoms with Gasteiger partial charge >= 0.3 is 0 Å². The van der Waals surface area contributed by atoms with E-state index in [0.29, 0.717) is 6.54 Å². The van der Waals surface area contributed by atoms with Crippen molar-refractivity contribution >= 4 is 9.84 Å². The van der Waals surface area contributed by atoms with Gasteiger partial charge in [-0.2, -0.15) is 0 Å². The molecule has 0 aromatic heterocycles. The van der Waals surface area contributed by atoms with Crippen molar-refractivity contribution in [1.29, 1.82) is 0 Å². The predicted octanol–water partition coefficient (Wildman–Crippen LogP) is 0.787. The second-order valence-electron chi connectivity index (χ2n) is 5.02. The van der Waals surface area contributed by atoms with E-state index in [1.54, 1.807) is 13.8 Å². The minimum absolute atomic E-state index is 0.285. The van der Waals surface area contributed by atoms with Gasteiger partial charge in [0.2, 0.25) is 0 Å². The topological polar surface area (TPSA) is 58.2 Å². The van der Waals surface area contributed by atoms with Crippen LogP contribution in [0, 0.1) is 0 Å². The van der Waals surface area contributed by atoms with Crippen molar-refractivity contribution in [2.45, 2.75) is 44.9 Å². The molecule has 0 radical (unpaired) electrons. The maximum absolute atomic E-state index is 11.5. The van der Waals surface area contributed by atoms with Crippen LogP contribution >= 0.6 is 0 Å². The van der Waals surface area contributed by atoms with Crippen LogP contribution in [0.15, 0.2) is 0 Å². The first-order valence-electron chi connectivity index (χ1n) is 5.84. The SMILES string of the molecule is CCCNCC(C)NCC(C)(C)S(C)(=O)=O. The summed E-state index contributed by atoms with van der Waals surface area (Å²) < 4.78 is 22.2. The fourth-order valence-electron chi connectivity index (χ4n) is 1.12. The molecule has 0 rings (SSSR count). The first-order valence-corrected chi connectivity index (χ1v) is 7.73. The zero-order valence-corrected chi connectivity index (χ0v) is 11.9. The van der Waals surface area contributed by atoms with Gasteiger partial charge in [-0.1, -0.05) is 6.92 Å². The summed E-state index contributed by atoms with van der Waals surface area (Å²) in [4.78, 5) is 0. The molecule has 0 aliphatic carbocycles. The molecular weight excluding hydrogens is 224 g/mol. The second kappa shape index (κ2) is 6.57. The largest absolute Gasteiger partial charge is 0.315 e. The van der Waals surface area contributed by atoms with Crippen LogP contribution in [0.25, 0.3) is 0 Å². The quantitative estimate of drug-likeness (QED) is 0.625. The van der Waals surface area contributed by atoms with Gasteiger partial charge in [0, 0.05) is 25.4 Å². The smallest absolute Gasteiger partial charge is 0.153 e. The highest BCUT2D eigenvalue weighted by molar-refractivity contribution is 7.92. The Labute approximate surface area is 100 Å². The molecule has 0 fully saturated rings. The highest BCUT2D eigenvalue weighted by Crippen LogP contribution is 2.13. The van der Waals surface area contributed by atoms with E-state index in [9.17, 15) is 8.42 Å². The minimum Gasteiger partial charge on any atom is -0.315 e. The van der Waals surface area contributed by atoms with Gasteiger partial charge in [-0.15, -0.1) is 0 Å². The molecule has 0 aliphatic heterocycles. The molecule has 1 unspecified atom stereocenters. The van der Waals surface area contributed by atoms with Crippen LogP contribution < -0.4 is 10.6 Å². The highest BCUT2D eigenvalue weighted by atomic mass is 32.2. The van der Waals surface area contributed by atoms with E-state index in [1.807, 2.05) is 0 Å². The van der Waals surface area contributed by atoms with Crippen molar-refractivity contribution in [2.75, 3.05) is 25.9 Å². The Hall–Kier alpha value is -0.130. The molecule has 2 N–H and O–H groups in total. The van der Waals surface area contributed by atoms with Crippen LogP contribution in [0.3, 0.4) is 0 Å². The third-order valence-corrected chi connectivity index (χ3v) is 4.91. The predicted molar refractivity (Wildman–Crippen MR) is 69.5 cm³/mol. The minimum atomic E-state index is -3.01. The summed E-state index contributed by atoms with van der Waals surface area (Å²) in [5, 5.41) is 6.54. The van der Waals surface area contributed by atoms with Crippen LogP contribution in [-0.2, 0) is 9.84 Å². The lowest BCUT2D eigenvalue weighted by atomic mass is 10.2. The Balaban J connectivity index is 3.96. The van der Waals surface area contributed by atoms with E-state index in [-0.39, 0.29) is 6.04 Å². The molecule has 0 aliphatic rings. The Morgan fingerprint density at radius 3 is 2.31 bits per heavy atom. The molecule has 0 aromatic rings. The summed E-state index contributed by atoms with van der Waals surface area (Å²) in [6.45, 7) is 10.0. The van der Waals surface area contributed by atoms with Crippen LogP contribution in [0.4, 0.5) is 0 Å². The van der Waals surface area contributed by atoms with Gasteiger partial charge in [0.25, 0.3) is 0 Å². The van der Waals surface area contributed by atoms with Gasteiger partial charge in [-0.05, 0) is 33.7 Å². The van der Waals surface area contributed by atoms with E-state index < -0.39 is 14.6 Å². The Kier molecular flexibility index (Phi) is 6.51. The molecule has 1 atom stereocenters. The number of hydrogen-bond donors (Lipinski definition) is 2. The lowest BCUT2D eigenvalue weighted by molar-refractivity contribution is 0.460. The van der Waals surface area contributed by atoms with Crippen LogP contribution in [0.1, 0.15) is 34.1 Å². The number of hydrogen-bond acceptors (Lipinski definition) is 4. The van der Waals surface area contributed by atoms with Gasteiger partial charge in [-0.25, -0.2) is 8.42 Å². The molecule has 16 heavy (non-hydrogen) atoms. The molecule has 0 amide bonds. The first-order chi connectivity index (χ1) is 7.20. The van der Waals surface area contributed by atoms with Crippen LogP contribution in [-0.4, -0.2) is 45.1 Å². The molecule has 98 valence electrons. The molecule has 0 saturated carbocycles.